The first kappa shape index (κ1) is 27.2. The first-order chi connectivity index (χ1) is 24.0. The highest BCUT2D eigenvalue weighted by Gasteiger charge is 2.59. The van der Waals surface area contributed by atoms with E-state index in [1.807, 2.05) is 0 Å². The predicted octanol–water partition coefficient (Wildman–Crippen LogP) is 13.0. The van der Waals surface area contributed by atoms with E-state index in [0.29, 0.717) is 42.4 Å². The second-order valence-electron chi connectivity index (χ2n) is 16.3. The fourth-order valence-corrected chi connectivity index (χ4v) is 10.9. The molecule has 0 saturated heterocycles. The highest BCUT2D eigenvalue weighted by Crippen LogP contribution is 2.67. The number of unbranched alkanes of at least 4 members (excludes halogenated alkanes) is 11. The molecule has 4 aliphatic rings. The Hall–Kier alpha value is -0.790. The highest BCUT2D eigenvalue weighted by molar-refractivity contribution is 5.69. The molecule has 0 aliphatic heterocycles. The van der Waals surface area contributed by atoms with Crippen molar-refractivity contribution in [1.82, 2.24) is 0 Å². The molecule has 0 aromatic rings. The molecule has 0 amide bonds. The molecule has 8 atom stereocenters. The molecule has 254 valence electrons. The Bertz CT molecular complexity index is 1120. The minimum atomic E-state index is -2.83. The van der Waals surface area contributed by atoms with Crippen molar-refractivity contribution in [2.45, 2.75) is 202 Å². The SMILES string of the molecule is [2H]C([2H])([2H])C([2H])(CCC[C@@H](C)[C@H]1CC[C@H]2[C@@H]3CC=C4C[C@@H](OC(=O)CCCCCCCCCCCCCC)CC[C@]4(C)[C@H]3CC[C@]12C)C([2H])([2H])[2H]. The maximum Gasteiger partial charge on any atom is 0.306 e. The first-order valence-electron chi connectivity index (χ1n) is 22.9. The molecule has 4 aliphatic carbocycles. The number of hydrogen-bond acceptors (Lipinski definition) is 2. The molecule has 0 bridgehead atoms. The van der Waals surface area contributed by atoms with Gasteiger partial charge in [-0.1, -0.05) is 143 Å². The molecule has 0 heterocycles. The smallest absolute Gasteiger partial charge is 0.306 e. The second kappa shape index (κ2) is 17.4. The molecule has 44 heavy (non-hydrogen) atoms. The van der Waals surface area contributed by atoms with Crippen molar-refractivity contribution in [2.75, 3.05) is 0 Å². The summed E-state index contributed by atoms with van der Waals surface area (Å²) in [5, 5.41) is 0. The molecule has 2 nitrogen and oxygen atoms in total. The first-order valence-corrected chi connectivity index (χ1v) is 19.4. The molecule has 4 rings (SSSR count). The summed E-state index contributed by atoms with van der Waals surface area (Å²) in [7, 11) is 0. The van der Waals surface area contributed by atoms with Crippen LogP contribution in [0.2, 0.25) is 0 Å². The molecule has 2 heteroatoms. The van der Waals surface area contributed by atoms with E-state index >= 15 is 0 Å². The zero-order valence-electron chi connectivity index (χ0n) is 36.3. The zero-order valence-corrected chi connectivity index (χ0v) is 29.3. The van der Waals surface area contributed by atoms with E-state index in [2.05, 4.69) is 33.8 Å². The Morgan fingerprint density at radius 3 is 2.25 bits per heavy atom. The van der Waals surface area contributed by atoms with E-state index in [-0.39, 0.29) is 29.3 Å². The molecular weight excluding hydrogens is 536 g/mol. The van der Waals surface area contributed by atoms with Crippen LogP contribution in [-0.2, 0) is 9.53 Å². The van der Waals surface area contributed by atoms with Gasteiger partial charge in [0.25, 0.3) is 0 Å². The normalized spacial score (nSPS) is 37.0. The molecule has 0 N–H and O–H groups in total. The Balaban J connectivity index is 1.21. The lowest BCUT2D eigenvalue weighted by Crippen LogP contribution is -2.51. The van der Waals surface area contributed by atoms with Gasteiger partial charge in [0.15, 0.2) is 0 Å². The number of carbonyl (C=O) groups excluding carboxylic acids is 1. The summed E-state index contributed by atoms with van der Waals surface area (Å²) in [6.45, 7) is 3.89. The van der Waals surface area contributed by atoms with Crippen molar-refractivity contribution in [3.05, 3.63) is 11.6 Å². The van der Waals surface area contributed by atoms with Gasteiger partial charge >= 0.3 is 5.97 Å². The number of carbonyl (C=O) groups is 1. The van der Waals surface area contributed by atoms with Gasteiger partial charge in [-0.25, -0.2) is 0 Å². The monoisotopic (exact) mass is 618 g/mol. The summed E-state index contributed by atoms with van der Waals surface area (Å²) in [6.07, 6.45) is 28.7. The number of fused-ring (bicyclic) bond motifs is 5. The van der Waals surface area contributed by atoms with E-state index in [1.165, 1.54) is 95.5 Å². The average molecular weight is 618 g/mol. The van der Waals surface area contributed by atoms with E-state index in [1.54, 1.807) is 0 Å². The molecule has 0 spiro atoms. The van der Waals surface area contributed by atoms with Crippen molar-refractivity contribution >= 4 is 5.97 Å². The fourth-order valence-electron chi connectivity index (χ4n) is 10.9. The van der Waals surface area contributed by atoms with Crippen LogP contribution in [0.25, 0.3) is 0 Å². The average Bonchev–Trinajstić information content (AvgIpc) is 3.41. The topological polar surface area (TPSA) is 26.3 Å². The summed E-state index contributed by atoms with van der Waals surface area (Å²) in [5.74, 6) is 0.517. The standard InChI is InChI=1S/C42H74O2/c1-7-8-9-10-11-12-13-14-15-16-17-18-22-40(43)44-35-27-29-41(5)34(31-35)23-24-36-38-26-25-37(33(4)21-19-20-32(2)3)42(38,6)30-28-39(36)41/h23,32-33,35-39H,7-22,24-31H2,1-6H3/t33-,35+,36+,37-,38+,39+,41+,42-/m1/s1/i2D3,3D3,32D. The summed E-state index contributed by atoms with van der Waals surface area (Å²) in [5.41, 5.74) is 1.97. The maximum atomic E-state index is 12.8. The van der Waals surface area contributed by atoms with Crippen molar-refractivity contribution in [1.29, 1.82) is 0 Å². The Morgan fingerprint density at radius 2 is 1.57 bits per heavy atom. The van der Waals surface area contributed by atoms with Crippen LogP contribution >= 0.6 is 0 Å². The summed E-state index contributed by atoms with van der Waals surface area (Å²) >= 11 is 0. The lowest BCUT2D eigenvalue weighted by atomic mass is 9.47. The lowest BCUT2D eigenvalue weighted by molar-refractivity contribution is -0.151. The highest BCUT2D eigenvalue weighted by atomic mass is 16.5. The van der Waals surface area contributed by atoms with Crippen LogP contribution in [0, 0.1) is 46.3 Å². The number of rotatable bonds is 19. The zero-order chi connectivity index (χ0) is 37.5. The van der Waals surface area contributed by atoms with Crippen molar-refractivity contribution in [2.24, 2.45) is 46.3 Å². The number of ether oxygens (including phenoxy) is 1. The van der Waals surface area contributed by atoms with E-state index in [0.717, 1.165) is 44.9 Å². The summed E-state index contributed by atoms with van der Waals surface area (Å²) in [6, 6.07) is 0. The molecule has 3 fully saturated rings. The van der Waals surface area contributed by atoms with E-state index in [4.69, 9.17) is 14.3 Å². The quantitative estimate of drug-likeness (QED) is 0.0818. The second-order valence-corrected chi connectivity index (χ2v) is 16.3. The Morgan fingerprint density at radius 1 is 0.886 bits per heavy atom. The molecule has 0 aromatic carbocycles. The van der Waals surface area contributed by atoms with Gasteiger partial charge in [0.2, 0.25) is 0 Å². The van der Waals surface area contributed by atoms with Crippen molar-refractivity contribution < 1.29 is 19.1 Å². The van der Waals surface area contributed by atoms with Crippen LogP contribution in [0.3, 0.4) is 0 Å². The van der Waals surface area contributed by atoms with Gasteiger partial charge in [-0.15, -0.1) is 0 Å². The molecule has 0 aromatic heterocycles. The van der Waals surface area contributed by atoms with Gasteiger partial charge in [0.05, 0.1) is 0 Å². The summed E-state index contributed by atoms with van der Waals surface area (Å²) in [4.78, 5) is 12.8. The van der Waals surface area contributed by atoms with Crippen LogP contribution in [0.1, 0.15) is 205 Å². The number of hydrogen-bond donors (Lipinski definition) is 0. The lowest BCUT2D eigenvalue weighted by Gasteiger charge is -2.58. The van der Waals surface area contributed by atoms with Gasteiger partial charge in [-0.05, 0) is 97.7 Å². The predicted molar refractivity (Wildman–Crippen MR) is 189 cm³/mol. The molecule has 0 radical (unpaired) electrons. The van der Waals surface area contributed by atoms with Gasteiger partial charge in [0, 0.05) is 22.4 Å². The van der Waals surface area contributed by atoms with Crippen LogP contribution in [0.15, 0.2) is 11.6 Å². The molecular formula is C42H74O2. The van der Waals surface area contributed by atoms with Gasteiger partial charge < -0.3 is 4.74 Å². The maximum absolute atomic E-state index is 12.8. The third-order valence-electron chi connectivity index (χ3n) is 13.4. The van der Waals surface area contributed by atoms with Gasteiger partial charge in [-0.2, -0.15) is 0 Å². The minimum absolute atomic E-state index is 0.00486. The molecule has 3 saturated carbocycles. The third-order valence-corrected chi connectivity index (χ3v) is 13.4. The van der Waals surface area contributed by atoms with Crippen LogP contribution in [0.5, 0.6) is 0 Å². The molecule has 0 unspecified atom stereocenters. The van der Waals surface area contributed by atoms with Crippen molar-refractivity contribution in [3.8, 4) is 0 Å². The van der Waals surface area contributed by atoms with Crippen LogP contribution in [-0.4, -0.2) is 12.1 Å². The number of esters is 1. The van der Waals surface area contributed by atoms with Gasteiger partial charge in [0.1, 0.15) is 6.10 Å². The van der Waals surface area contributed by atoms with Crippen LogP contribution < -0.4 is 0 Å². The minimum Gasteiger partial charge on any atom is -0.462 e. The van der Waals surface area contributed by atoms with E-state index < -0.39 is 19.6 Å². The van der Waals surface area contributed by atoms with Gasteiger partial charge in [-0.3, -0.25) is 4.79 Å². The van der Waals surface area contributed by atoms with E-state index in [9.17, 15) is 4.79 Å². The number of allylic oxidation sites excluding steroid dienone is 1. The van der Waals surface area contributed by atoms with Crippen molar-refractivity contribution in [3.63, 3.8) is 0 Å². The Kier molecular flexibility index (Phi) is 10.7. The fraction of sp³-hybridized carbons (Fsp3) is 0.929. The largest absolute Gasteiger partial charge is 0.462 e. The van der Waals surface area contributed by atoms with Crippen LogP contribution in [0.4, 0.5) is 0 Å². The summed E-state index contributed by atoms with van der Waals surface area (Å²) < 4.78 is 61.2. The third kappa shape index (κ3) is 9.18. The Labute approximate surface area is 284 Å².